The third kappa shape index (κ3) is 3.80. The zero-order chi connectivity index (χ0) is 23.2. The summed E-state index contributed by atoms with van der Waals surface area (Å²) in [4.78, 5) is 33.5. The fourth-order valence-electron chi connectivity index (χ4n) is 5.31. The van der Waals surface area contributed by atoms with Crippen LogP contribution in [0.1, 0.15) is 29.7 Å². The van der Waals surface area contributed by atoms with E-state index in [0.29, 0.717) is 11.9 Å². The molecule has 1 saturated heterocycles. The molecule has 5 heterocycles. The van der Waals surface area contributed by atoms with Crippen LogP contribution >= 0.6 is 11.3 Å². The van der Waals surface area contributed by atoms with E-state index in [-0.39, 0.29) is 5.92 Å². The normalized spacial score (nSPS) is 19.1. The van der Waals surface area contributed by atoms with Gasteiger partial charge in [0, 0.05) is 35.3 Å². The van der Waals surface area contributed by atoms with Gasteiger partial charge in [0.25, 0.3) is 0 Å². The lowest BCUT2D eigenvalue weighted by molar-refractivity contribution is -0.137. The Bertz CT molecular complexity index is 1350. The van der Waals surface area contributed by atoms with E-state index in [0.717, 1.165) is 77.9 Å². The van der Waals surface area contributed by atoms with Crippen LogP contribution in [0.5, 0.6) is 0 Å². The third-order valence-electron chi connectivity index (χ3n) is 7.27. The van der Waals surface area contributed by atoms with Gasteiger partial charge in [0.2, 0.25) is 5.91 Å². The molecule has 176 valence electrons. The zero-order valence-electron chi connectivity index (χ0n) is 19.4. The molecule has 4 aromatic rings. The number of amides is 1. The largest absolute Gasteiger partial charge is 0.342 e. The summed E-state index contributed by atoms with van der Waals surface area (Å²) in [5.41, 5.74) is 2.18. The van der Waals surface area contributed by atoms with Gasteiger partial charge in [0.15, 0.2) is 0 Å². The number of anilines is 2. The monoisotopic (exact) mass is 476 g/mol. The van der Waals surface area contributed by atoms with Crippen molar-refractivity contribution < 1.29 is 4.79 Å². The third-order valence-corrected chi connectivity index (χ3v) is 8.43. The number of aromatic amines is 1. The summed E-state index contributed by atoms with van der Waals surface area (Å²) in [5.74, 6) is 1.88. The molecule has 1 fully saturated rings. The molecule has 1 atom stereocenters. The molecule has 6 rings (SSSR count). The van der Waals surface area contributed by atoms with Crippen molar-refractivity contribution in [2.75, 3.05) is 32.5 Å². The van der Waals surface area contributed by atoms with E-state index >= 15 is 0 Å². The van der Waals surface area contributed by atoms with Gasteiger partial charge in [-0.3, -0.25) is 9.89 Å². The van der Waals surface area contributed by atoms with E-state index in [4.69, 9.17) is 0 Å². The maximum atomic E-state index is 13.3. The van der Waals surface area contributed by atoms with Gasteiger partial charge >= 0.3 is 0 Å². The van der Waals surface area contributed by atoms with Crippen molar-refractivity contribution in [3.05, 3.63) is 35.2 Å². The summed E-state index contributed by atoms with van der Waals surface area (Å²) < 4.78 is 0. The number of aromatic nitrogens is 5. The van der Waals surface area contributed by atoms with Gasteiger partial charge < -0.3 is 15.1 Å². The van der Waals surface area contributed by atoms with Crippen molar-refractivity contribution in [2.24, 2.45) is 5.92 Å². The summed E-state index contributed by atoms with van der Waals surface area (Å²) in [7, 11) is 4.26. The smallest absolute Gasteiger partial charge is 0.226 e. The number of hydrogen-bond acceptors (Lipinski definition) is 8. The quantitative estimate of drug-likeness (QED) is 0.465. The van der Waals surface area contributed by atoms with Gasteiger partial charge in [0.05, 0.1) is 23.3 Å². The average Bonchev–Trinajstić information content (AvgIpc) is 3.47. The number of carbonyl (C=O) groups excluding carboxylic acids is 1. The summed E-state index contributed by atoms with van der Waals surface area (Å²) in [5, 5.41) is 12.4. The number of fused-ring (bicyclic) bond motifs is 4. The Labute approximate surface area is 201 Å². The van der Waals surface area contributed by atoms with E-state index < -0.39 is 0 Å². The van der Waals surface area contributed by atoms with Gasteiger partial charge in [-0.05, 0) is 57.8 Å². The van der Waals surface area contributed by atoms with Gasteiger partial charge in [-0.15, -0.1) is 11.3 Å². The Hall–Kier alpha value is -3.11. The van der Waals surface area contributed by atoms with Crippen LogP contribution in [0.2, 0.25) is 0 Å². The van der Waals surface area contributed by atoms with E-state index in [1.54, 1.807) is 30.1 Å². The number of nitrogens with one attached hydrogen (secondary N) is 2. The molecule has 2 aliphatic rings. The number of piperidine rings is 1. The molecule has 1 amide bonds. The number of nitrogens with zero attached hydrogens (tertiary/aromatic N) is 6. The summed E-state index contributed by atoms with van der Waals surface area (Å²) in [6.07, 6.45) is 9.80. The molecule has 1 aliphatic heterocycles. The molecule has 0 spiro atoms. The Morgan fingerprint density at radius 2 is 2.03 bits per heavy atom. The van der Waals surface area contributed by atoms with Gasteiger partial charge in [-0.25, -0.2) is 15.0 Å². The molecule has 4 aromatic heterocycles. The van der Waals surface area contributed by atoms with Crippen molar-refractivity contribution in [2.45, 2.75) is 38.1 Å². The van der Waals surface area contributed by atoms with Crippen molar-refractivity contribution in [3.8, 4) is 0 Å². The number of pyridine rings is 1. The van der Waals surface area contributed by atoms with Crippen LogP contribution < -0.4 is 5.32 Å². The lowest BCUT2D eigenvalue weighted by Gasteiger charge is -2.37. The second-order valence-electron chi connectivity index (χ2n) is 9.52. The first-order chi connectivity index (χ1) is 16.6. The highest BCUT2D eigenvalue weighted by molar-refractivity contribution is 7.19. The van der Waals surface area contributed by atoms with Crippen LogP contribution in [-0.4, -0.2) is 74.1 Å². The highest BCUT2D eigenvalue weighted by atomic mass is 32.1. The molecule has 9 nitrogen and oxygen atoms in total. The van der Waals surface area contributed by atoms with E-state index in [1.165, 1.54) is 10.4 Å². The molecule has 0 aromatic carbocycles. The number of thiophene rings is 1. The molecule has 1 unspecified atom stereocenters. The second-order valence-corrected chi connectivity index (χ2v) is 10.6. The highest BCUT2D eigenvalue weighted by Crippen LogP contribution is 2.41. The second kappa shape index (κ2) is 8.59. The molecular formula is C24H28N8OS. The van der Waals surface area contributed by atoms with Crippen molar-refractivity contribution in [3.63, 3.8) is 0 Å². The predicted molar refractivity (Wildman–Crippen MR) is 133 cm³/mol. The predicted octanol–water partition coefficient (Wildman–Crippen LogP) is 3.36. The molecule has 2 N–H and O–H groups in total. The maximum absolute atomic E-state index is 13.3. The Morgan fingerprint density at radius 1 is 1.18 bits per heavy atom. The van der Waals surface area contributed by atoms with E-state index in [2.05, 4.69) is 54.4 Å². The van der Waals surface area contributed by atoms with Crippen molar-refractivity contribution in [1.82, 2.24) is 34.9 Å². The van der Waals surface area contributed by atoms with Crippen molar-refractivity contribution in [1.29, 1.82) is 0 Å². The van der Waals surface area contributed by atoms with Gasteiger partial charge in [-0.1, -0.05) is 0 Å². The standard InChI is InChI=1S/C24H28N8OS/c1-31(2)16-5-7-32(8-6-16)24(33)14-3-4-17-19(9-14)34-23-21(17)22(26-13-27-23)29-20-10-15-11-28-30-18(15)12-25-20/h10-14,16H,3-9H2,1-2H3,(H,28,30)(H,25,26,27,29). The number of H-pyrrole nitrogens is 1. The number of hydrogen-bond donors (Lipinski definition) is 2. The number of aryl methyl sites for hydroxylation is 1. The first-order valence-electron chi connectivity index (χ1n) is 11.8. The SMILES string of the molecule is CN(C)C1CCN(C(=O)C2CCc3c(sc4ncnc(Nc5cc6cn[nH]c6cn5)c34)C2)CC1. The fraction of sp³-hybridized carbons (Fsp3) is 0.458. The number of carbonyl (C=O) groups is 1. The Kier molecular flexibility index (Phi) is 5.41. The first kappa shape index (κ1) is 21.4. The van der Waals surface area contributed by atoms with Crippen LogP contribution in [-0.2, 0) is 17.6 Å². The summed E-state index contributed by atoms with van der Waals surface area (Å²) >= 11 is 1.70. The minimum atomic E-state index is 0.0611. The number of rotatable bonds is 4. The lowest BCUT2D eigenvalue weighted by atomic mass is 9.86. The maximum Gasteiger partial charge on any atom is 0.226 e. The topological polar surface area (TPSA) is 103 Å². The average molecular weight is 477 g/mol. The molecule has 0 saturated carbocycles. The lowest BCUT2D eigenvalue weighted by Crippen LogP contribution is -2.47. The van der Waals surface area contributed by atoms with Crippen LogP contribution in [0.25, 0.3) is 21.1 Å². The van der Waals surface area contributed by atoms with Crippen molar-refractivity contribution >= 4 is 50.0 Å². The van der Waals surface area contributed by atoms with Gasteiger partial charge in [0.1, 0.15) is 22.8 Å². The van der Waals surface area contributed by atoms with E-state index in [1.807, 2.05) is 6.07 Å². The molecule has 34 heavy (non-hydrogen) atoms. The molecule has 10 heteroatoms. The Morgan fingerprint density at radius 3 is 2.85 bits per heavy atom. The molecule has 1 aliphatic carbocycles. The fourth-order valence-corrected chi connectivity index (χ4v) is 6.58. The number of likely N-dealkylation sites (tertiary alicyclic amines) is 1. The van der Waals surface area contributed by atoms with Crippen LogP contribution in [0, 0.1) is 5.92 Å². The molecule has 0 bridgehead atoms. The molecule has 0 radical (unpaired) electrons. The summed E-state index contributed by atoms with van der Waals surface area (Å²) in [6, 6.07) is 2.54. The van der Waals surface area contributed by atoms with Crippen LogP contribution in [0.15, 0.2) is 24.8 Å². The van der Waals surface area contributed by atoms with Gasteiger partial charge in [-0.2, -0.15) is 5.10 Å². The molecular weight excluding hydrogens is 448 g/mol. The Balaban J connectivity index is 1.22. The van der Waals surface area contributed by atoms with E-state index in [9.17, 15) is 4.79 Å². The highest BCUT2D eigenvalue weighted by Gasteiger charge is 2.33. The first-order valence-corrected chi connectivity index (χ1v) is 12.6. The van der Waals surface area contributed by atoms with Crippen LogP contribution in [0.4, 0.5) is 11.6 Å². The van der Waals surface area contributed by atoms with Crippen LogP contribution in [0.3, 0.4) is 0 Å². The zero-order valence-corrected chi connectivity index (χ0v) is 20.2. The minimum Gasteiger partial charge on any atom is -0.342 e. The summed E-state index contributed by atoms with van der Waals surface area (Å²) in [6.45, 7) is 1.73. The minimum absolute atomic E-state index is 0.0611.